The molecule has 1 N–H and O–H groups in total. The van der Waals surface area contributed by atoms with Crippen molar-refractivity contribution in [3.8, 4) is 0 Å². The van der Waals surface area contributed by atoms with Gasteiger partial charge >= 0.3 is 0 Å². The van der Waals surface area contributed by atoms with Crippen LogP contribution in [0.1, 0.15) is 17.5 Å². The number of carbonyl (C=O) groups excluding carboxylic acids is 1. The van der Waals surface area contributed by atoms with Crippen molar-refractivity contribution >= 4 is 33.2 Å². The predicted octanol–water partition coefficient (Wildman–Crippen LogP) is 3.16. The van der Waals surface area contributed by atoms with Gasteiger partial charge in [0.2, 0.25) is 15.9 Å². The molecule has 0 radical (unpaired) electrons. The van der Waals surface area contributed by atoms with Crippen LogP contribution in [0.2, 0.25) is 5.02 Å². The number of hydrogen-bond acceptors (Lipinski definition) is 3. The van der Waals surface area contributed by atoms with E-state index >= 15 is 0 Å². The zero-order chi connectivity index (χ0) is 19.2. The SMILES string of the molecule is Cc1ccc(Cl)cc1N(CCNC(=O)CCc1ccccc1)S(C)(=O)=O. The predicted molar refractivity (Wildman–Crippen MR) is 106 cm³/mol. The summed E-state index contributed by atoms with van der Waals surface area (Å²) in [5.74, 6) is -0.106. The molecule has 0 unspecified atom stereocenters. The highest BCUT2D eigenvalue weighted by molar-refractivity contribution is 7.92. The Morgan fingerprint density at radius 3 is 2.50 bits per heavy atom. The Balaban J connectivity index is 1.94. The molecular weight excluding hydrogens is 372 g/mol. The Labute approximate surface area is 160 Å². The number of benzene rings is 2. The van der Waals surface area contributed by atoms with Gasteiger partial charge in [0.1, 0.15) is 0 Å². The quantitative estimate of drug-likeness (QED) is 0.747. The molecule has 140 valence electrons. The van der Waals surface area contributed by atoms with Gasteiger partial charge in [-0.15, -0.1) is 0 Å². The first-order valence-electron chi connectivity index (χ1n) is 8.32. The lowest BCUT2D eigenvalue weighted by atomic mass is 10.1. The van der Waals surface area contributed by atoms with Gasteiger partial charge in [-0.2, -0.15) is 0 Å². The highest BCUT2D eigenvalue weighted by Crippen LogP contribution is 2.25. The van der Waals surface area contributed by atoms with Gasteiger partial charge in [0.15, 0.2) is 0 Å². The molecule has 0 aromatic heterocycles. The van der Waals surface area contributed by atoms with Crippen molar-refractivity contribution in [1.29, 1.82) is 0 Å². The minimum atomic E-state index is -3.49. The highest BCUT2D eigenvalue weighted by atomic mass is 35.5. The Morgan fingerprint density at radius 1 is 1.15 bits per heavy atom. The molecule has 0 saturated heterocycles. The van der Waals surface area contributed by atoms with E-state index in [0.29, 0.717) is 23.6 Å². The van der Waals surface area contributed by atoms with Gasteiger partial charge in [-0.05, 0) is 36.6 Å². The third kappa shape index (κ3) is 6.04. The van der Waals surface area contributed by atoms with Crippen LogP contribution in [0.15, 0.2) is 48.5 Å². The van der Waals surface area contributed by atoms with Gasteiger partial charge in [0.05, 0.1) is 18.5 Å². The van der Waals surface area contributed by atoms with Crippen LogP contribution in [-0.2, 0) is 21.2 Å². The van der Waals surface area contributed by atoms with Gasteiger partial charge in [0, 0.05) is 18.0 Å². The summed E-state index contributed by atoms with van der Waals surface area (Å²) in [6, 6.07) is 14.9. The van der Waals surface area contributed by atoms with E-state index in [4.69, 9.17) is 11.6 Å². The zero-order valence-corrected chi connectivity index (χ0v) is 16.5. The minimum Gasteiger partial charge on any atom is -0.354 e. The number of sulfonamides is 1. The first kappa shape index (κ1) is 20.3. The Kier molecular flexibility index (Phi) is 7.06. The second kappa shape index (κ2) is 9.05. The van der Waals surface area contributed by atoms with Crippen LogP contribution < -0.4 is 9.62 Å². The van der Waals surface area contributed by atoms with Crippen LogP contribution in [0.4, 0.5) is 5.69 Å². The third-order valence-corrected chi connectivity index (χ3v) is 5.38. The molecule has 2 aromatic carbocycles. The van der Waals surface area contributed by atoms with Crippen molar-refractivity contribution in [3.05, 3.63) is 64.7 Å². The summed E-state index contributed by atoms with van der Waals surface area (Å²) in [4.78, 5) is 12.0. The van der Waals surface area contributed by atoms with Crippen molar-refractivity contribution < 1.29 is 13.2 Å². The number of rotatable bonds is 8. The van der Waals surface area contributed by atoms with E-state index in [9.17, 15) is 13.2 Å². The highest BCUT2D eigenvalue weighted by Gasteiger charge is 2.19. The zero-order valence-electron chi connectivity index (χ0n) is 14.9. The second-order valence-corrected chi connectivity index (χ2v) is 8.44. The maximum atomic E-state index is 12.2. The lowest BCUT2D eigenvalue weighted by molar-refractivity contribution is -0.120. The summed E-state index contributed by atoms with van der Waals surface area (Å²) >= 11 is 6.00. The summed E-state index contributed by atoms with van der Waals surface area (Å²) in [6.45, 7) is 2.20. The van der Waals surface area contributed by atoms with Crippen molar-refractivity contribution in [2.45, 2.75) is 19.8 Å². The van der Waals surface area contributed by atoms with Crippen LogP contribution in [0, 0.1) is 6.92 Å². The molecule has 0 spiro atoms. The van der Waals surface area contributed by atoms with Gasteiger partial charge in [-0.25, -0.2) is 8.42 Å². The minimum absolute atomic E-state index is 0.106. The van der Waals surface area contributed by atoms with E-state index in [-0.39, 0.29) is 19.0 Å². The fourth-order valence-electron chi connectivity index (χ4n) is 2.60. The molecule has 26 heavy (non-hydrogen) atoms. The van der Waals surface area contributed by atoms with E-state index in [0.717, 1.165) is 17.4 Å². The summed E-state index contributed by atoms with van der Waals surface area (Å²) in [6.07, 6.45) is 2.15. The Morgan fingerprint density at radius 2 is 1.85 bits per heavy atom. The van der Waals surface area contributed by atoms with Crippen molar-refractivity contribution in [3.63, 3.8) is 0 Å². The Hall–Kier alpha value is -2.05. The van der Waals surface area contributed by atoms with E-state index in [1.54, 1.807) is 18.2 Å². The number of hydrogen-bond donors (Lipinski definition) is 1. The molecule has 0 aliphatic heterocycles. The molecule has 2 aromatic rings. The van der Waals surface area contributed by atoms with E-state index in [1.807, 2.05) is 37.3 Å². The topological polar surface area (TPSA) is 66.5 Å². The largest absolute Gasteiger partial charge is 0.354 e. The molecule has 1 amide bonds. The molecule has 0 atom stereocenters. The van der Waals surface area contributed by atoms with Crippen molar-refractivity contribution in [2.75, 3.05) is 23.7 Å². The maximum absolute atomic E-state index is 12.2. The van der Waals surface area contributed by atoms with E-state index < -0.39 is 10.0 Å². The van der Waals surface area contributed by atoms with E-state index in [1.165, 1.54) is 4.31 Å². The van der Waals surface area contributed by atoms with Gasteiger partial charge in [-0.3, -0.25) is 9.10 Å². The van der Waals surface area contributed by atoms with Gasteiger partial charge < -0.3 is 5.32 Å². The summed E-state index contributed by atoms with van der Waals surface area (Å²) < 4.78 is 25.6. The first-order valence-corrected chi connectivity index (χ1v) is 10.5. The molecule has 0 aliphatic rings. The molecule has 5 nitrogen and oxygen atoms in total. The number of aryl methyl sites for hydroxylation is 2. The number of halogens is 1. The normalized spacial score (nSPS) is 11.2. The number of anilines is 1. The second-order valence-electron chi connectivity index (χ2n) is 6.10. The fourth-order valence-corrected chi connectivity index (χ4v) is 3.75. The van der Waals surface area contributed by atoms with Crippen LogP contribution >= 0.6 is 11.6 Å². The number of nitrogens with one attached hydrogen (secondary N) is 1. The molecule has 0 aliphatic carbocycles. The number of nitrogens with zero attached hydrogens (tertiary/aromatic N) is 1. The lowest BCUT2D eigenvalue weighted by Crippen LogP contribution is -2.38. The third-order valence-electron chi connectivity index (χ3n) is 3.96. The van der Waals surface area contributed by atoms with Crippen LogP contribution in [-0.4, -0.2) is 33.7 Å². The molecule has 2 rings (SSSR count). The van der Waals surface area contributed by atoms with Crippen molar-refractivity contribution in [2.24, 2.45) is 0 Å². The molecule has 7 heteroatoms. The number of carbonyl (C=O) groups is 1. The standard InChI is InChI=1S/C19H23ClN2O3S/c1-15-8-10-17(20)14-18(15)22(26(2,24)25)13-12-21-19(23)11-9-16-6-4-3-5-7-16/h3-8,10,14H,9,11-13H2,1-2H3,(H,21,23). The molecule has 0 bridgehead atoms. The lowest BCUT2D eigenvalue weighted by Gasteiger charge is -2.24. The van der Waals surface area contributed by atoms with Gasteiger partial charge in [-0.1, -0.05) is 48.0 Å². The smallest absolute Gasteiger partial charge is 0.232 e. The fraction of sp³-hybridized carbons (Fsp3) is 0.316. The monoisotopic (exact) mass is 394 g/mol. The van der Waals surface area contributed by atoms with Gasteiger partial charge in [0.25, 0.3) is 0 Å². The van der Waals surface area contributed by atoms with Crippen LogP contribution in [0.3, 0.4) is 0 Å². The molecule has 0 saturated carbocycles. The van der Waals surface area contributed by atoms with Crippen LogP contribution in [0.5, 0.6) is 0 Å². The van der Waals surface area contributed by atoms with E-state index in [2.05, 4.69) is 5.32 Å². The Bertz CT molecular complexity index is 854. The summed E-state index contributed by atoms with van der Waals surface area (Å²) in [5.41, 5.74) is 2.42. The molecular formula is C19H23ClN2O3S. The first-order chi connectivity index (χ1) is 12.3. The molecule has 0 heterocycles. The summed E-state index contributed by atoms with van der Waals surface area (Å²) in [7, 11) is -3.49. The maximum Gasteiger partial charge on any atom is 0.232 e. The molecule has 0 fully saturated rings. The number of amides is 1. The van der Waals surface area contributed by atoms with Crippen LogP contribution in [0.25, 0.3) is 0 Å². The average molecular weight is 395 g/mol. The summed E-state index contributed by atoms with van der Waals surface area (Å²) in [5, 5.41) is 3.25. The van der Waals surface area contributed by atoms with Crippen molar-refractivity contribution in [1.82, 2.24) is 5.32 Å². The average Bonchev–Trinajstić information content (AvgIpc) is 2.59.